The summed E-state index contributed by atoms with van der Waals surface area (Å²) in [7, 11) is -2.24. The number of hydrogen-bond donors (Lipinski definition) is 5. The summed E-state index contributed by atoms with van der Waals surface area (Å²) >= 11 is 0. The van der Waals surface area contributed by atoms with Gasteiger partial charge in [0.15, 0.2) is 23.9 Å². The van der Waals surface area contributed by atoms with E-state index < -0.39 is 34.6 Å². The maximum atomic E-state index is 12.3. The molecule has 2 unspecified atom stereocenters. The molecule has 2 aliphatic rings. The minimum Gasteiger partial charge on any atom is -0.507 e. The van der Waals surface area contributed by atoms with E-state index in [1.165, 1.54) is 24.8 Å². The summed E-state index contributed by atoms with van der Waals surface area (Å²) in [5, 5.41) is 31.7. The van der Waals surface area contributed by atoms with Crippen LogP contribution < -0.4 is 14.9 Å². The van der Waals surface area contributed by atoms with Gasteiger partial charge in [-0.05, 0) is 12.1 Å². The lowest BCUT2D eigenvalue weighted by atomic mass is 10.1. The molecule has 0 amide bonds. The molecule has 1 fully saturated rings. The van der Waals surface area contributed by atoms with E-state index in [1.54, 1.807) is 25.2 Å². The standard InChI is InChI=1S/C19H22N6O6S/c1-25(10-23-14-17(20)21-9-22-18(14)25)19-16(28)15(27)13(31-19)8-24-32(29,30)7-6-11-4-2-3-5-12(11)26/h2-7,9-10,13,15-16,19,24,27-28H,8H2,1H3,(H2-,20,21,22,26)/p+1/t13-,15+,16?,19-,25?/m1/s1. The highest BCUT2D eigenvalue weighted by molar-refractivity contribution is 7.92. The van der Waals surface area contributed by atoms with Gasteiger partial charge in [0.25, 0.3) is 5.82 Å². The van der Waals surface area contributed by atoms with Crippen LogP contribution >= 0.6 is 0 Å². The molecule has 0 spiro atoms. The zero-order valence-electron chi connectivity index (χ0n) is 17.0. The summed E-state index contributed by atoms with van der Waals surface area (Å²) in [4.78, 5) is 12.3. The second-order valence-corrected chi connectivity index (χ2v) is 9.28. The van der Waals surface area contributed by atoms with E-state index in [9.17, 15) is 23.7 Å². The summed E-state index contributed by atoms with van der Waals surface area (Å²) in [6.45, 7) is -0.294. The fraction of sp³-hybridized carbons (Fsp3) is 0.316. The molecule has 170 valence electrons. The summed E-state index contributed by atoms with van der Waals surface area (Å²) in [5.74, 6) is 0.496. The largest absolute Gasteiger partial charge is 0.507 e. The van der Waals surface area contributed by atoms with Crippen molar-refractivity contribution in [1.82, 2.24) is 19.2 Å². The van der Waals surface area contributed by atoms with Gasteiger partial charge >= 0.3 is 0 Å². The predicted molar refractivity (Wildman–Crippen MR) is 117 cm³/mol. The minimum atomic E-state index is -3.91. The van der Waals surface area contributed by atoms with Gasteiger partial charge in [-0.25, -0.2) is 22.6 Å². The van der Waals surface area contributed by atoms with E-state index >= 15 is 0 Å². The number of hydrogen-bond acceptors (Lipinski definition) is 10. The van der Waals surface area contributed by atoms with Gasteiger partial charge in [-0.1, -0.05) is 18.2 Å². The number of aliphatic hydroxyl groups is 2. The average molecular weight is 463 g/mol. The smallest absolute Gasteiger partial charge is 0.267 e. The highest BCUT2D eigenvalue weighted by Gasteiger charge is 2.55. The molecule has 0 radical (unpaired) electrons. The number of aromatic hydroxyl groups is 1. The minimum absolute atomic E-state index is 0.0616. The first-order valence-corrected chi connectivity index (χ1v) is 11.2. The van der Waals surface area contributed by atoms with Crippen molar-refractivity contribution in [3.63, 3.8) is 0 Å². The van der Waals surface area contributed by atoms with Crippen molar-refractivity contribution in [3.8, 4) is 5.75 Å². The molecule has 4 rings (SSSR count). The maximum Gasteiger partial charge on any atom is 0.267 e. The maximum absolute atomic E-state index is 12.3. The number of nitrogens with zero attached hydrogens (tertiary/aromatic N) is 4. The molecule has 1 saturated heterocycles. The number of nitrogen functional groups attached to an aromatic ring is 1. The van der Waals surface area contributed by atoms with Crippen LogP contribution in [0, 0.1) is 0 Å². The van der Waals surface area contributed by atoms with Crippen LogP contribution in [0.1, 0.15) is 5.56 Å². The van der Waals surface area contributed by atoms with Gasteiger partial charge in [-0.2, -0.15) is 9.98 Å². The van der Waals surface area contributed by atoms with Crippen molar-refractivity contribution in [2.75, 3.05) is 19.3 Å². The Balaban J connectivity index is 1.46. The number of ether oxygens (including phenoxy) is 1. The van der Waals surface area contributed by atoms with E-state index in [2.05, 4.69) is 19.7 Å². The number of para-hydroxylation sites is 1. The van der Waals surface area contributed by atoms with Gasteiger partial charge in [-0.3, -0.25) is 0 Å². The Morgan fingerprint density at radius 2 is 2.00 bits per heavy atom. The van der Waals surface area contributed by atoms with Crippen LogP contribution in [0.15, 0.2) is 41.0 Å². The van der Waals surface area contributed by atoms with Gasteiger partial charge in [0.2, 0.25) is 16.3 Å². The Hall–Kier alpha value is -2.94. The molecule has 3 heterocycles. The normalized spacial score (nSPS) is 29.6. The molecule has 13 heteroatoms. The molecule has 2 aliphatic heterocycles. The number of fused-ring (bicyclic) bond motifs is 1. The third-order valence-electron chi connectivity index (χ3n) is 5.43. The van der Waals surface area contributed by atoms with Crippen molar-refractivity contribution in [1.29, 1.82) is 0 Å². The first kappa shape index (κ1) is 22.3. The molecule has 5 atom stereocenters. The Labute approximate surface area is 184 Å². The Morgan fingerprint density at radius 1 is 1.25 bits per heavy atom. The number of sulfonamides is 1. The molecular weight excluding hydrogens is 440 g/mol. The number of rotatable bonds is 6. The number of aromatic nitrogens is 2. The van der Waals surface area contributed by atoms with Crippen molar-refractivity contribution < 1.29 is 28.5 Å². The van der Waals surface area contributed by atoms with Crippen LogP contribution in [-0.2, 0) is 14.8 Å². The predicted octanol–water partition coefficient (Wildman–Crippen LogP) is -0.588. The fourth-order valence-electron chi connectivity index (χ4n) is 3.66. The van der Waals surface area contributed by atoms with Gasteiger partial charge in [0.05, 0.1) is 7.05 Å². The molecule has 0 saturated carbocycles. The molecule has 1 aromatic carbocycles. The molecule has 0 aliphatic carbocycles. The van der Waals surface area contributed by atoms with Gasteiger partial charge in [-0.15, -0.1) is 0 Å². The first-order chi connectivity index (χ1) is 15.1. The molecule has 0 bridgehead atoms. The van der Waals surface area contributed by atoms with E-state index in [1.807, 2.05) is 0 Å². The van der Waals surface area contributed by atoms with Crippen LogP contribution in [0.4, 0.5) is 17.3 Å². The summed E-state index contributed by atoms with van der Waals surface area (Å²) < 4.78 is 32.6. The summed E-state index contributed by atoms with van der Waals surface area (Å²) in [5.41, 5.74) is 6.51. The summed E-state index contributed by atoms with van der Waals surface area (Å²) in [6.07, 6.45) is -0.769. The zero-order valence-corrected chi connectivity index (χ0v) is 17.8. The number of aliphatic imine (C=N–C) groups is 1. The van der Waals surface area contributed by atoms with Crippen molar-refractivity contribution >= 4 is 39.8 Å². The quantitative estimate of drug-likeness (QED) is 0.350. The highest BCUT2D eigenvalue weighted by Crippen LogP contribution is 2.42. The average Bonchev–Trinajstić information content (AvgIpc) is 3.25. The van der Waals surface area contributed by atoms with E-state index in [4.69, 9.17) is 10.5 Å². The van der Waals surface area contributed by atoms with Crippen molar-refractivity contribution in [2.24, 2.45) is 4.99 Å². The van der Waals surface area contributed by atoms with E-state index in [0.717, 1.165) is 5.41 Å². The van der Waals surface area contributed by atoms with E-state index in [0.29, 0.717) is 17.1 Å². The number of quaternary nitrogens is 1. The second kappa shape index (κ2) is 8.20. The number of nitrogens with one attached hydrogen (secondary N) is 1. The van der Waals surface area contributed by atoms with Gasteiger partial charge in [0, 0.05) is 17.5 Å². The second-order valence-electron chi connectivity index (χ2n) is 7.62. The number of likely N-dealkylation sites (N-methyl/N-ethyl adjacent to an activating group) is 1. The number of anilines is 1. The summed E-state index contributed by atoms with van der Waals surface area (Å²) in [6, 6.07) is 6.27. The Morgan fingerprint density at radius 3 is 2.75 bits per heavy atom. The van der Waals surface area contributed by atoms with E-state index in [-0.39, 0.29) is 22.6 Å². The lowest BCUT2D eigenvalue weighted by Gasteiger charge is -2.31. The molecular formula is C19H23N6O6S+. The number of phenolic OH excluding ortho intramolecular Hbond substituents is 1. The topological polar surface area (TPSA) is 180 Å². The number of aliphatic hydroxyl groups excluding tert-OH is 2. The SMILES string of the molecule is C[N+]1([C@@H]2O[C@H](CNS(=O)(=O)C=Cc3ccccc3O)[C@H](O)C2O)C=Nc2c(N)ncnc21. The van der Waals surface area contributed by atoms with Crippen molar-refractivity contribution in [3.05, 3.63) is 41.6 Å². The molecule has 2 aromatic rings. The lowest BCUT2D eigenvalue weighted by Crippen LogP contribution is -2.57. The van der Waals surface area contributed by atoms with Crippen LogP contribution in [0.5, 0.6) is 5.75 Å². The number of nitrogens with two attached hydrogens (primary N) is 1. The van der Waals surface area contributed by atoms with Crippen LogP contribution in [0.3, 0.4) is 0 Å². The fourth-order valence-corrected chi connectivity index (χ4v) is 4.48. The number of phenols is 1. The highest BCUT2D eigenvalue weighted by atomic mass is 32.2. The van der Waals surface area contributed by atoms with Crippen LogP contribution in [0.25, 0.3) is 6.08 Å². The zero-order chi connectivity index (χ0) is 23.1. The molecule has 32 heavy (non-hydrogen) atoms. The lowest BCUT2D eigenvalue weighted by molar-refractivity contribution is -0.0453. The first-order valence-electron chi connectivity index (χ1n) is 9.62. The van der Waals surface area contributed by atoms with Crippen molar-refractivity contribution in [2.45, 2.75) is 24.5 Å². The molecule has 6 N–H and O–H groups in total. The number of benzene rings is 1. The third-order valence-corrected chi connectivity index (χ3v) is 6.49. The monoisotopic (exact) mass is 463 g/mol. The van der Waals surface area contributed by atoms with Crippen LogP contribution in [0.2, 0.25) is 0 Å². The Kier molecular flexibility index (Phi) is 5.70. The van der Waals surface area contributed by atoms with Gasteiger partial charge in [0.1, 0.15) is 24.3 Å². The Bertz CT molecular complexity index is 1190. The van der Waals surface area contributed by atoms with Gasteiger partial charge < -0.3 is 25.8 Å². The van der Waals surface area contributed by atoms with Crippen LogP contribution in [-0.4, -0.2) is 78.2 Å². The molecule has 1 aromatic heterocycles. The molecule has 12 nitrogen and oxygen atoms in total. The third kappa shape index (κ3) is 3.97.